The molecule has 0 aromatic carbocycles. The number of carbonyl (C=O) groups is 2. The summed E-state index contributed by atoms with van der Waals surface area (Å²) in [7, 11) is -2.40. The van der Waals surface area contributed by atoms with Gasteiger partial charge in [0.2, 0.25) is 30.3 Å². The van der Waals surface area contributed by atoms with E-state index in [-0.39, 0.29) is 155 Å². The first-order valence-corrected chi connectivity index (χ1v) is 57.2. The number of H-pyrrole nitrogens is 4. The standard InChI is InChI=1S/C42H61N13O11P2S2Si.C27H42N12O9P2S2Si.2CH5N/c1-22(2)25(56)17-28-47-34-31(37(58)48-28)45-20-54(34)39-24(5)29-26(64-39)18-62-68(70,60-15-12-13-43)53-30-27(19-63-67(69,52-29)61-16-14-44-9)65-40(33(30)66-71(10,11)42(6,7)8)55-21-46-32-35(55)49-41(51-38(32)59)50-36(57)23(3)4;1-11-14-12(46-23(11)38-9-30-16-19(38)32-25(28)34-21(16)40)7-44-50(43,52)37-15-13(8-45-49(42,51)36-14)47-24(18(15)48-53(5,6)27(2,3)4)39-10-31-17-20(39)33-26(29)35-22(17)41;2*1-2/h20-24,26-27,29-30,33,39-40H,12,14-19H2,1-8,10-11H3,(H,52,69)(H,53,70)(H,47,48,58)(H2,49,50,51,57,59);9-15,18,23-24H,7-8H2,1-6H3,(H2,36,42,51)(H2,37,43,52)(H3,28,32,34,40)(H3,29,33,35,41);2*2H2,1H3/p-2/t24-,26-,27-,29+,30-,33-,39-,40-,67?,68?;11-,12-,13-,14+,15-,18-,23-,24-,49?,50?;;/m11../s1. The van der Waals surface area contributed by atoms with Gasteiger partial charge < -0.3 is 109 Å². The van der Waals surface area contributed by atoms with Crippen LogP contribution in [0.25, 0.3) is 49.5 Å². The first-order chi connectivity index (χ1) is 60.0. The van der Waals surface area contributed by atoms with Gasteiger partial charge in [0.25, 0.3) is 35.5 Å². The van der Waals surface area contributed by atoms with Crippen LogP contribution in [-0.4, -0.2) is 227 Å². The van der Waals surface area contributed by atoms with Crippen molar-refractivity contribution in [2.45, 2.75) is 218 Å². The molecule has 17 N–H and O–H groups in total. The van der Waals surface area contributed by atoms with Gasteiger partial charge in [-0.1, -0.05) is 94.9 Å². The number of rotatable bonds is 19. The zero-order chi connectivity index (χ0) is 94.2. The third-order valence-electron chi connectivity index (χ3n) is 23.1. The normalized spacial score (nSPS) is 30.2. The smallest absolute Gasteiger partial charge is 0.280 e. The molecule has 0 saturated carbocycles. The van der Waals surface area contributed by atoms with Crippen molar-refractivity contribution in [2.24, 2.45) is 35.1 Å². The van der Waals surface area contributed by atoms with E-state index in [1.165, 1.54) is 48.5 Å². The van der Waals surface area contributed by atoms with Gasteiger partial charge in [-0.2, -0.15) is 20.2 Å². The number of hydrogen-bond acceptors (Lipinski definition) is 37. The number of nitrogens with one attached hydrogen (secondary N) is 9. The summed E-state index contributed by atoms with van der Waals surface area (Å²) in [6, 6.07) is -1.28. The van der Waals surface area contributed by atoms with E-state index < -0.39 is 169 Å². The number of Topliss-reactive ketones (excluding diaryl/α,β-unsaturated/α-hetero) is 1. The molecule has 4 unspecified atom stereocenters. The molecule has 8 aromatic rings. The molecule has 57 heteroatoms. The van der Waals surface area contributed by atoms with Crippen LogP contribution in [0.1, 0.15) is 120 Å². The molecule has 0 spiro atoms. The fraction of sp³-hybridized carbons (Fsp3) is 0.662. The average Bonchev–Trinajstić information content (AvgIpc) is 1.60. The van der Waals surface area contributed by atoms with E-state index >= 15 is 0 Å². The number of nitrogen functional groups attached to an aromatic ring is 2. The van der Waals surface area contributed by atoms with E-state index in [1.54, 1.807) is 43.8 Å². The number of ether oxygens (including phenoxy) is 4. The maximum atomic E-state index is 14.2. The van der Waals surface area contributed by atoms with Gasteiger partial charge in [-0.15, -0.1) is 0 Å². The van der Waals surface area contributed by atoms with E-state index in [4.69, 9.17) is 121 Å². The maximum Gasteiger partial charge on any atom is 0.280 e. The Hall–Kier alpha value is -6.68. The van der Waals surface area contributed by atoms with Gasteiger partial charge in [0.15, 0.2) is 73.7 Å². The van der Waals surface area contributed by atoms with Gasteiger partial charge in [-0.05, 0) is 74.0 Å². The average molecular weight is 1970 g/mol. The molecule has 0 radical (unpaired) electrons. The van der Waals surface area contributed by atoms with Crippen LogP contribution in [0.5, 0.6) is 0 Å². The molecule has 6 aliphatic rings. The van der Waals surface area contributed by atoms with Crippen LogP contribution in [0.15, 0.2) is 44.5 Å². The Kier molecular flexibility index (Phi) is 32.3. The van der Waals surface area contributed by atoms with Crippen LogP contribution in [0.4, 0.5) is 17.8 Å². The van der Waals surface area contributed by atoms with Gasteiger partial charge in [-0.25, -0.2) is 41.7 Å². The third-order valence-corrected chi connectivity index (χ3v) is 40.7. The second-order valence-corrected chi connectivity index (χ2v) is 56.3. The Balaban J connectivity index is 0.000000248. The lowest BCUT2D eigenvalue weighted by Crippen LogP contribution is -2.53. The quantitative estimate of drug-likeness (QED) is 0.0176. The van der Waals surface area contributed by atoms with Crippen LogP contribution in [0.3, 0.4) is 0 Å². The Bertz CT molecular complexity index is 5930. The molecule has 6 saturated heterocycles. The molecule has 6 fully saturated rings. The summed E-state index contributed by atoms with van der Waals surface area (Å²) in [6.07, 6.45) is -3.91. The summed E-state index contributed by atoms with van der Waals surface area (Å²) in [6.45, 7) is 21.9. The number of nitrogens with two attached hydrogens (primary N) is 4. The van der Waals surface area contributed by atoms with E-state index in [0.717, 1.165) is 0 Å². The minimum Gasteiger partial charge on any atom is -0.789 e. The predicted octanol–water partition coefficient (Wildman–Crippen LogP) is 4.31. The zero-order valence-electron chi connectivity index (χ0n) is 73.7. The highest BCUT2D eigenvalue weighted by atomic mass is 32.7. The molecule has 14 heterocycles. The van der Waals surface area contributed by atoms with Crippen LogP contribution in [-0.2, 0) is 123 Å². The van der Waals surface area contributed by atoms with Crippen LogP contribution in [0, 0.1) is 41.6 Å². The molecule has 47 nitrogen and oxygen atoms in total. The largest absolute Gasteiger partial charge is 0.789 e. The molecular weight excluding hydrogens is 1860 g/mol. The van der Waals surface area contributed by atoms with Gasteiger partial charge in [0.1, 0.15) is 67.9 Å². The SMILES string of the molecule is CN.CN.C[C@@H]1[C@@H]2NP([O-])(=S)OC[C@H]3O[C@@H](n4cnc5c(=O)[nH]c(N)nc54)[C@H](O[Si](C)(C)C(C)(C)C)[C@@H]3NP(=O)([S-])OC[C@H]2O[C@H]1n1cnc2c(=O)[nH]c(N)nc21.[C-]#[N+]CCOP1(=S)N[C@H]2[C@@H](C)[C@H](n3cnc4c(=O)[nH]c(CC(=O)C(C)C)nc43)O[C@@H]2COP(=S)(OCCC#N)N[C@H]2[C@@H](O[Si](C)(C)C(C)(C)C)[C@H](n3cnc4c(=O)[nH]c(NC(=O)C(C)C)nc43)O[C@@H]2CO1. The Morgan fingerprint density at radius 2 is 0.984 bits per heavy atom. The highest BCUT2D eigenvalue weighted by Gasteiger charge is 2.57. The van der Waals surface area contributed by atoms with Crippen molar-refractivity contribution in [2.75, 3.05) is 77.1 Å². The number of nitriles is 1. The van der Waals surface area contributed by atoms with Crippen LogP contribution in [0.2, 0.25) is 36.3 Å². The summed E-state index contributed by atoms with van der Waals surface area (Å²) in [5.74, 6) is -2.35. The lowest BCUT2D eigenvalue weighted by molar-refractivity contribution is -0.189. The Labute approximate surface area is 758 Å². The summed E-state index contributed by atoms with van der Waals surface area (Å²) in [5.41, 5.74) is 19.1. The number of imidazole rings is 4. The molecule has 1 amide bonds. The van der Waals surface area contributed by atoms with E-state index in [1.807, 2.05) is 20.0 Å². The molecule has 6 aliphatic heterocycles. The lowest BCUT2D eigenvalue weighted by atomic mass is 10.00. The molecule has 20 atom stereocenters. The molecule has 8 aromatic heterocycles. The van der Waals surface area contributed by atoms with Crippen molar-refractivity contribution in [3.05, 3.63) is 84.0 Å². The van der Waals surface area contributed by atoms with E-state index in [0.29, 0.717) is 0 Å². The van der Waals surface area contributed by atoms with Gasteiger partial charge in [0, 0.05) is 29.7 Å². The number of anilines is 3. The fourth-order valence-electron chi connectivity index (χ4n) is 14.4. The fourth-order valence-corrected chi connectivity index (χ4v) is 25.1. The summed E-state index contributed by atoms with van der Waals surface area (Å²) in [4.78, 5) is 140. The van der Waals surface area contributed by atoms with E-state index in [2.05, 4.69) is 162 Å². The summed E-state index contributed by atoms with van der Waals surface area (Å²) in [5, 5.41) is 24.5. The van der Waals surface area contributed by atoms with Crippen LogP contribution >= 0.6 is 26.6 Å². The number of aromatic nitrogens is 16. The number of amides is 1. The molecule has 704 valence electrons. The number of aromatic amines is 4. The molecule has 14 rings (SSSR count). The van der Waals surface area contributed by atoms with Crippen molar-refractivity contribution in [3.63, 3.8) is 0 Å². The number of fused-ring (bicyclic) bond motifs is 8. The minimum absolute atomic E-state index is 0.00853. The second-order valence-electron chi connectivity index (χ2n) is 34.5. The summed E-state index contributed by atoms with van der Waals surface area (Å²) >= 11 is 23.6. The first-order valence-electron chi connectivity index (χ1n) is 40.9. The van der Waals surface area contributed by atoms with Gasteiger partial charge in [0.05, 0.1) is 108 Å². The van der Waals surface area contributed by atoms with E-state index in [9.17, 15) is 43.5 Å². The third kappa shape index (κ3) is 22.4. The predicted molar refractivity (Wildman–Crippen MR) is 490 cm³/mol. The number of carbonyl (C=O) groups excluding carboxylic acids is 2. The topological polar surface area (TPSA) is 632 Å². The Morgan fingerprint density at radius 3 is 1.43 bits per heavy atom. The lowest BCUT2D eigenvalue weighted by Gasteiger charge is -2.42. The summed E-state index contributed by atoms with van der Waals surface area (Å²) < 4.78 is 99.1. The minimum atomic E-state index is -4.13. The number of hydrogen-bond donors (Lipinski definition) is 13. The second kappa shape index (κ2) is 40.6. The Morgan fingerprint density at radius 1 is 0.602 bits per heavy atom. The molecule has 0 bridgehead atoms. The van der Waals surface area contributed by atoms with Crippen molar-refractivity contribution >= 4 is 165 Å². The highest BCUT2D eigenvalue weighted by Crippen LogP contribution is 2.56. The number of ketones is 1. The first kappa shape index (κ1) is 102. The maximum absolute atomic E-state index is 14.2. The van der Waals surface area contributed by atoms with Crippen molar-refractivity contribution in [1.29, 1.82) is 5.26 Å². The van der Waals surface area contributed by atoms with Crippen molar-refractivity contribution in [3.8, 4) is 6.07 Å². The van der Waals surface area contributed by atoms with Gasteiger partial charge in [-0.3, -0.25) is 77.5 Å². The van der Waals surface area contributed by atoms with Crippen molar-refractivity contribution in [1.82, 2.24) is 98.4 Å². The molecule has 0 aliphatic carbocycles. The monoisotopic (exact) mass is 1970 g/mol. The van der Waals surface area contributed by atoms with Gasteiger partial charge >= 0.3 is 0 Å². The van der Waals surface area contributed by atoms with Crippen molar-refractivity contribution < 1.29 is 74.0 Å². The number of nitrogens with zero attached hydrogens (tertiary/aromatic N) is 14. The molecule has 128 heavy (non-hydrogen) atoms. The van der Waals surface area contributed by atoms with Crippen LogP contribution < -0.4 is 75.7 Å². The zero-order valence-corrected chi connectivity index (χ0v) is 82.6. The molecular formula is C71H111N27O20P4S4Si2-2. The highest BCUT2D eigenvalue weighted by molar-refractivity contribution is 8.33.